The number of aliphatic hydroxyl groups excluding tert-OH is 1. The molecule has 1 N–H and O–H groups in total. The van der Waals surface area contributed by atoms with E-state index < -0.39 is 5.97 Å². The lowest BCUT2D eigenvalue weighted by Crippen LogP contribution is -2.06. The van der Waals surface area contributed by atoms with Crippen LogP contribution in [0.25, 0.3) is 0 Å². The molecule has 1 rings (SSSR count). The van der Waals surface area contributed by atoms with Crippen molar-refractivity contribution in [3.05, 3.63) is 11.7 Å². The molecule has 0 spiro atoms. The Hall–Kier alpha value is -1.43. The van der Waals surface area contributed by atoms with Gasteiger partial charge in [-0.3, -0.25) is 0 Å². The van der Waals surface area contributed by atoms with E-state index in [1.807, 2.05) is 0 Å². The number of ether oxygens (including phenoxy) is 1. The van der Waals surface area contributed by atoms with Crippen molar-refractivity contribution >= 4 is 5.97 Å². The van der Waals surface area contributed by atoms with Crippen LogP contribution in [0, 0.1) is 0 Å². The quantitative estimate of drug-likeness (QED) is 0.632. The molecular weight excluding hydrogens is 164 g/mol. The molecule has 0 aliphatic heterocycles. The fourth-order valence-electron chi connectivity index (χ4n) is 0.598. The Kier molecular flexibility index (Phi) is 2.76. The Bertz CT molecular complexity index is 270. The first kappa shape index (κ1) is 8.66. The van der Waals surface area contributed by atoms with Crippen LogP contribution in [0.5, 0.6) is 0 Å². The summed E-state index contributed by atoms with van der Waals surface area (Å²) in [6.07, 6.45) is 0. The van der Waals surface area contributed by atoms with E-state index in [1.165, 1.54) is 0 Å². The molecule has 0 aliphatic carbocycles. The third-order valence-electron chi connectivity index (χ3n) is 1.06. The third kappa shape index (κ3) is 1.79. The van der Waals surface area contributed by atoms with Crippen molar-refractivity contribution in [2.75, 3.05) is 6.61 Å². The monoisotopic (exact) mass is 172 g/mol. The van der Waals surface area contributed by atoms with Crippen LogP contribution in [-0.2, 0) is 11.3 Å². The molecule has 0 saturated heterocycles. The molecule has 0 saturated carbocycles. The Balaban J connectivity index is 2.68. The van der Waals surface area contributed by atoms with Gasteiger partial charge < -0.3 is 14.4 Å². The van der Waals surface area contributed by atoms with Crippen LogP contribution in [0.3, 0.4) is 0 Å². The van der Waals surface area contributed by atoms with Gasteiger partial charge in [0.1, 0.15) is 6.61 Å². The molecule has 0 amide bonds. The molecule has 0 aromatic carbocycles. The maximum atomic E-state index is 10.9. The fraction of sp³-hybridized carbons (Fsp3) is 0.500. The number of aliphatic hydroxyl groups is 1. The maximum Gasteiger partial charge on any atom is 0.379 e. The van der Waals surface area contributed by atoms with E-state index >= 15 is 0 Å². The zero-order valence-corrected chi connectivity index (χ0v) is 6.48. The lowest BCUT2D eigenvalue weighted by Gasteiger charge is -1.93. The predicted octanol–water partition coefficient (Wildman–Crippen LogP) is -0.261. The summed E-state index contributed by atoms with van der Waals surface area (Å²) in [5.74, 6) is -0.820. The number of hydrogen-bond donors (Lipinski definition) is 1. The van der Waals surface area contributed by atoms with Gasteiger partial charge in [-0.25, -0.2) is 4.79 Å². The molecule has 0 atom stereocenters. The van der Waals surface area contributed by atoms with Crippen molar-refractivity contribution in [2.24, 2.45) is 0 Å². The predicted molar refractivity (Wildman–Crippen MR) is 36.2 cm³/mol. The van der Waals surface area contributed by atoms with Crippen LogP contribution in [-0.4, -0.2) is 27.8 Å². The highest BCUT2D eigenvalue weighted by molar-refractivity contribution is 5.84. The summed E-state index contributed by atoms with van der Waals surface area (Å²) < 4.78 is 9.05. The molecule has 1 aromatic heterocycles. The first-order valence-electron chi connectivity index (χ1n) is 3.38. The van der Waals surface area contributed by atoms with E-state index in [4.69, 9.17) is 5.11 Å². The molecule has 66 valence electrons. The normalized spacial score (nSPS) is 9.83. The summed E-state index contributed by atoms with van der Waals surface area (Å²) in [5, 5.41) is 11.8. The first-order chi connectivity index (χ1) is 5.77. The molecule has 1 aromatic rings. The van der Waals surface area contributed by atoms with Crippen molar-refractivity contribution in [1.82, 2.24) is 10.1 Å². The lowest BCUT2D eigenvalue weighted by molar-refractivity contribution is 0.0508. The van der Waals surface area contributed by atoms with Crippen molar-refractivity contribution in [2.45, 2.75) is 13.5 Å². The van der Waals surface area contributed by atoms with E-state index in [0.29, 0.717) is 0 Å². The average Bonchev–Trinajstić information content (AvgIpc) is 2.52. The fourth-order valence-corrected chi connectivity index (χ4v) is 0.598. The minimum Gasteiger partial charge on any atom is -0.460 e. The van der Waals surface area contributed by atoms with Crippen molar-refractivity contribution in [1.29, 1.82) is 0 Å². The van der Waals surface area contributed by atoms with E-state index in [1.54, 1.807) is 6.92 Å². The molecule has 0 radical (unpaired) electrons. The van der Waals surface area contributed by atoms with Gasteiger partial charge >= 0.3 is 5.97 Å². The summed E-state index contributed by atoms with van der Waals surface area (Å²) in [6, 6.07) is 0. The molecule has 6 heteroatoms. The van der Waals surface area contributed by atoms with Gasteiger partial charge in [0, 0.05) is 0 Å². The highest BCUT2D eigenvalue weighted by atomic mass is 16.5. The van der Waals surface area contributed by atoms with E-state index in [9.17, 15) is 4.79 Å². The second kappa shape index (κ2) is 3.82. The Morgan fingerprint density at radius 3 is 3.00 bits per heavy atom. The number of nitrogens with zero attached hydrogens (tertiary/aromatic N) is 2. The van der Waals surface area contributed by atoms with E-state index in [0.717, 1.165) is 0 Å². The number of esters is 1. The number of aromatic nitrogens is 2. The summed E-state index contributed by atoms with van der Waals surface area (Å²) in [4.78, 5) is 14.4. The minimum atomic E-state index is -0.652. The van der Waals surface area contributed by atoms with Gasteiger partial charge in [-0.05, 0) is 12.1 Å². The van der Waals surface area contributed by atoms with Crippen LogP contribution < -0.4 is 0 Å². The second-order valence-corrected chi connectivity index (χ2v) is 1.89. The zero-order chi connectivity index (χ0) is 8.97. The van der Waals surface area contributed by atoms with Gasteiger partial charge in [0.2, 0.25) is 0 Å². The van der Waals surface area contributed by atoms with Crippen LogP contribution in [0.2, 0.25) is 0 Å². The van der Waals surface area contributed by atoms with E-state index in [-0.39, 0.29) is 24.9 Å². The molecule has 12 heavy (non-hydrogen) atoms. The molecule has 1 heterocycles. The molecular formula is C6H8N2O4. The van der Waals surface area contributed by atoms with Crippen molar-refractivity contribution in [3.8, 4) is 0 Å². The zero-order valence-electron chi connectivity index (χ0n) is 6.48. The topological polar surface area (TPSA) is 85.5 Å². The first-order valence-corrected chi connectivity index (χ1v) is 3.38. The number of hydrogen-bond acceptors (Lipinski definition) is 6. The number of carbonyl (C=O) groups excluding carboxylic acids is 1. The van der Waals surface area contributed by atoms with E-state index in [2.05, 4.69) is 19.4 Å². The van der Waals surface area contributed by atoms with Crippen molar-refractivity contribution in [3.63, 3.8) is 0 Å². The summed E-state index contributed by atoms with van der Waals surface area (Å²) >= 11 is 0. The molecule has 6 nitrogen and oxygen atoms in total. The van der Waals surface area contributed by atoms with Crippen LogP contribution >= 0.6 is 0 Å². The molecule has 0 aliphatic rings. The smallest absolute Gasteiger partial charge is 0.379 e. The van der Waals surface area contributed by atoms with Crippen molar-refractivity contribution < 1.29 is 19.2 Å². The Labute approximate surface area is 68.1 Å². The van der Waals surface area contributed by atoms with Gasteiger partial charge in [0.15, 0.2) is 0 Å². The standard InChI is InChI=1S/C6H8N2O4/c1-2-11-6(10)5-7-4(3-9)12-8-5/h9H,2-3H2,1H3. The van der Waals surface area contributed by atoms with Gasteiger partial charge in [-0.1, -0.05) is 0 Å². The average molecular weight is 172 g/mol. The molecule has 0 bridgehead atoms. The highest BCUT2D eigenvalue weighted by Gasteiger charge is 2.14. The van der Waals surface area contributed by atoms with Gasteiger partial charge in [-0.15, -0.1) is 0 Å². The van der Waals surface area contributed by atoms with Gasteiger partial charge in [0.25, 0.3) is 11.7 Å². The summed E-state index contributed by atoms with van der Waals surface area (Å²) in [7, 11) is 0. The Morgan fingerprint density at radius 1 is 1.75 bits per heavy atom. The Morgan fingerprint density at radius 2 is 2.50 bits per heavy atom. The largest absolute Gasteiger partial charge is 0.460 e. The lowest BCUT2D eigenvalue weighted by atomic mass is 10.6. The summed E-state index contributed by atoms with van der Waals surface area (Å²) in [5.41, 5.74) is 0. The van der Waals surface area contributed by atoms with Crippen LogP contribution in [0.1, 0.15) is 23.4 Å². The van der Waals surface area contributed by atoms with Gasteiger partial charge in [0.05, 0.1) is 6.61 Å². The van der Waals surface area contributed by atoms with Crippen LogP contribution in [0.4, 0.5) is 0 Å². The second-order valence-electron chi connectivity index (χ2n) is 1.89. The summed E-state index contributed by atoms with van der Waals surface area (Å²) in [6.45, 7) is 1.54. The molecule has 0 unspecified atom stereocenters. The number of rotatable bonds is 3. The van der Waals surface area contributed by atoms with Crippen LogP contribution in [0.15, 0.2) is 4.52 Å². The maximum absolute atomic E-state index is 10.9. The minimum absolute atomic E-state index is 0.00180. The highest BCUT2D eigenvalue weighted by Crippen LogP contribution is 1.98. The van der Waals surface area contributed by atoms with Gasteiger partial charge in [-0.2, -0.15) is 4.98 Å². The SMILES string of the molecule is CCOC(=O)c1noc(CO)n1. The molecule has 0 fully saturated rings. The third-order valence-corrected chi connectivity index (χ3v) is 1.06. The number of carbonyl (C=O) groups is 1.